The van der Waals surface area contributed by atoms with E-state index in [2.05, 4.69) is 4.84 Å². The van der Waals surface area contributed by atoms with Crippen LogP contribution in [0.3, 0.4) is 0 Å². The van der Waals surface area contributed by atoms with Crippen molar-refractivity contribution in [2.45, 2.75) is 51.0 Å². The average molecular weight is 267 g/mol. The van der Waals surface area contributed by atoms with Gasteiger partial charge in [-0.05, 0) is 31.8 Å². The minimum Gasteiger partial charge on any atom is -0.425 e. The van der Waals surface area contributed by atoms with Gasteiger partial charge in [-0.1, -0.05) is 17.6 Å². The quantitative estimate of drug-likeness (QED) is 0.435. The number of ether oxygens (including phenoxy) is 1. The van der Waals surface area contributed by atoms with Crippen molar-refractivity contribution in [1.82, 2.24) is 5.06 Å². The molecule has 19 heavy (non-hydrogen) atoms. The number of allylic oxidation sites excluding steroid dienone is 1. The highest BCUT2D eigenvalue weighted by molar-refractivity contribution is 6.01. The van der Waals surface area contributed by atoms with Gasteiger partial charge in [-0.25, -0.2) is 4.79 Å². The van der Waals surface area contributed by atoms with E-state index < -0.39 is 18.0 Å². The molecule has 104 valence electrons. The Morgan fingerprint density at radius 1 is 1.16 bits per heavy atom. The molecule has 1 atom stereocenters. The van der Waals surface area contributed by atoms with Crippen molar-refractivity contribution >= 4 is 18.0 Å². The summed E-state index contributed by atoms with van der Waals surface area (Å²) in [6.45, 7) is 0. The maximum absolute atomic E-state index is 11.5. The number of imide groups is 1. The summed E-state index contributed by atoms with van der Waals surface area (Å²) in [5.41, 5.74) is 0. The zero-order valence-electron chi connectivity index (χ0n) is 10.7. The Morgan fingerprint density at radius 3 is 2.63 bits per heavy atom. The van der Waals surface area contributed by atoms with Gasteiger partial charge in [0.1, 0.15) is 6.10 Å². The molecule has 0 radical (unpaired) electrons. The molecule has 2 amide bonds. The number of carbonyl (C=O) groups is 3. The molecule has 1 unspecified atom stereocenters. The van der Waals surface area contributed by atoms with Crippen molar-refractivity contribution in [3.8, 4) is 0 Å². The van der Waals surface area contributed by atoms with E-state index in [9.17, 15) is 14.4 Å². The fourth-order valence-electron chi connectivity index (χ4n) is 2.10. The van der Waals surface area contributed by atoms with E-state index in [1.807, 2.05) is 12.2 Å². The van der Waals surface area contributed by atoms with Crippen LogP contribution in [0.5, 0.6) is 0 Å². The molecule has 1 heterocycles. The minimum absolute atomic E-state index is 0.0788. The van der Waals surface area contributed by atoms with Crippen LogP contribution < -0.4 is 0 Å². The molecule has 6 heteroatoms. The Labute approximate surface area is 111 Å². The Hall–Kier alpha value is -1.85. The zero-order valence-corrected chi connectivity index (χ0v) is 10.7. The second-order valence-electron chi connectivity index (χ2n) is 4.65. The topological polar surface area (TPSA) is 72.9 Å². The van der Waals surface area contributed by atoms with E-state index in [1.54, 1.807) is 0 Å². The molecule has 1 fully saturated rings. The van der Waals surface area contributed by atoms with Crippen LogP contribution in [-0.2, 0) is 19.2 Å². The maximum Gasteiger partial charge on any atom is 0.534 e. The molecule has 0 aromatic rings. The van der Waals surface area contributed by atoms with Gasteiger partial charge >= 0.3 is 6.16 Å². The van der Waals surface area contributed by atoms with Crippen LogP contribution in [0, 0.1) is 0 Å². The van der Waals surface area contributed by atoms with Crippen LogP contribution >= 0.6 is 0 Å². The van der Waals surface area contributed by atoms with E-state index in [0.29, 0.717) is 5.06 Å². The summed E-state index contributed by atoms with van der Waals surface area (Å²) < 4.78 is 5.09. The number of hydrogen-bond acceptors (Lipinski definition) is 5. The molecule has 1 saturated heterocycles. The normalized spacial score (nSPS) is 25.7. The van der Waals surface area contributed by atoms with E-state index >= 15 is 0 Å². The smallest absolute Gasteiger partial charge is 0.425 e. The van der Waals surface area contributed by atoms with E-state index in [4.69, 9.17) is 4.74 Å². The summed E-state index contributed by atoms with van der Waals surface area (Å²) in [5.74, 6) is -1.01. The van der Waals surface area contributed by atoms with E-state index in [-0.39, 0.29) is 18.9 Å². The number of hydrogen-bond donors (Lipinski definition) is 0. The molecule has 1 aliphatic heterocycles. The van der Waals surface area contributed by atoms with E-state index in [0.717, 1.165) is 32.1 Å². The first-order chi connectivity index (χ1) is 9.16. The van der Waals surface area contributed by atoms with Gasteiger partial charge in [-0.15, -0.1) is 0 Å². The molecule has 1 aliphatic carbocycles. The van der Waals surface area contributed by atoms with Crippen molar-refractivity contribution in [3.63, 3.8) is 0 Å². The molecule has 2 rings (SSSR count). The van der Waals surface area contributed by atoms with Gasteiger partial charge in [0, 0.05) is 12.8 Å². The molecule has 0 saturated carbocycles. The van der Waals surface area contributed by atoms with Crippen LogP contribution in [0.1, 0.15) is 44.9 Å². The van der Waals surface area contributed by atoms with Gasteiger partial charge in [0.2, 0.25) is 0 Å². The highest BCUT2D eigenvalue weighted by Gasteiger charge is 2.33. The largest absolute Gasteiger partial charge is 0.534 e. The van der Waals surface area contributed by atoms with Crippen LogP contribution in [-0.4, -0.2) is 29.1 Å². The first-order valence-corrected chi connectivity index (χ1v) is 6.58. The Bertz CT molecular complexity index is 388. The number of amides is 2. The van der Waals surface area contributed by atoms with Gasteiger partial charge in [-0.3, -0.25) is 14.4 Å². The van der Waals surface area contributed by atoms with Crippen LogP contribution in [0.4, 0.5) is 4.79 Å². The van der Waals surface area contributed by atoms with E-state index in [1.165, 1.54) is 0 Å². The first kappa shape index (κ1) is 13.6. The molecular weight excluding hydrogens is 250 g/mol. The predicted molar refractivity (Wildman–Crippen MR) is 64.7 cm³/mol. The molecule has 0 aromatic carbocycles. The molecule has 0 bridgehead atoms. The Balaban J connectivity index is 1.84. The summed E-state index contributed by atoms with van der Waals surface area (Å²) in [7, 11) is 0. The van der Waals surface area contributed by atoms with Gasteiger partial charge in [0.25, 0.3) is 11.8 Å². The SMILES string of the molecule is O=C(OC1/C=C\CCCCC1)ON1C(=O)CCC1=O. The molecule has 6 nitrogen and oxygen atoms in total. The number of rotatable bonds is 2. The van der Waals surface area contributed by atoms with Crippen molar-refractivity contribution in [1.29, 1.82) is 0 Å². The summed E-state index contributed by atoms with van der Waals surface area (Å²) in [5, 5.41) is 0.495. The van der Waals surface area contributed by atoms with Crippen molar-refractivity contribution in [2.75, 3.05) is 0 Å². The van der Waals surface area contributed by atoms with Gasteiger partial charge in [-0.2, -0.15) is 0 Å². The third-order valence-corrected chi connectivity index (χ3v) is 3.13. The summed E-state index contributed by atoms with van der Waals surface area (Å²) >= 11 is 0. The third kappa shape index (κ3) is 3.81. The second-order valence-corrected chi connectivity index (χ2v) is 4.65. The highest BCUT2D eigenvalue weighted by atomic mass is 16.8. The van der Waals surface area contributed by atoms with Crippen LogP contribution in [0.25, 0.3) is 0 Å². The predicted octanol–water partition coefficient (Wildman–Crippen LogP) is 2.09. The number of hydroxylamine groups is 2. The Morgan fingerprint density at radius 2 is 1.89 bits per heavy atom. The van der Waals surface area contributed by atoms with Crippen LogP contribution in [0.2, 0.25) is 0 Å². The lowest BCUT2D eigenvalue weighted by molar-refractivity contribution is -0.178. The molecule has 2 aliphatic rings. The minimum atomic E-state index is -1.00. The second kappa shape index (κ2) is 6.36. The third-order valence-electron chi connectivity index (χ3n) is 3.13. The highest BCUT2D eigenvalue weighted by Crippen LogP contribution is 2.16. The molecule has 0 aromatic heterocycles. The van der Waals surface area contributed by atoms with Crippen molar-refractivity contribution in [2.24, 2.45) is 0 Å². The summed E-state index contributed by atoms with van der Waals surface area (Å²) in [6.07, 6.45) is 7.53. The number of carbonyl (C=O) groups excluding carboxylic acids is 3. The summed E-state index contributed by atoms with van der Waals surface area (Å²) in [4.78, 5) is 38.7. The molecule has 0 N–H and O–H groups in total. The zero-order chi connectivity index (χ0) is 13.7. The van der Waals surface area contributed by atoms with Gasteiger partial charge in [0.05, 0.1) is 0 Å². The van der Waals surface area contributed by atoms with Gasteiger partial charge in [0.15, 0.2) is 0 Å². The lowest BCUT2D eigenvalue weighted by atomic mass is 10.0. The molecule has 0 spiro atoms. The fraction of sp³-hybridized carbons (Fsp3) is 0.615. The lowest BCUT2D eigenvalue weighted by Crippen LogP contribution is -2.33. The fourth-order valence-corrected chi connectivity index (χ4v) is 2.10. The number of nitrogens with zero attached hydrogens (tertiary/aromatic N) is 1. The van der Waals surface area contributed by atoms with Crippen molar-refractivity contribution in [3.05, 3.63) is 12.2 Å². The molecular formula is C13H17NO5. The standard InChI is InChI=1S/C13H17NO5/c15-11-8-9-12(16)14(11)19-13(17)18-10-6-4-2-1-3-5-7-10/h4,6,10H,1-3,5,7-9H2/b6-4-. The van der Waals surface area contributed by atoms with Crippen LogP contribution in [0.15, 0.2) is 12.2 Å². The maximum atomic E-state index is 11.5. The Kier molecular flexibility index (Phi) is 4.54. The lowest BCUT2D eigenvalue weighted by Gasteiger charge is -2.17. The van der Waals surface area contributed by atoms with Crippen molar-refractivity contribution < 1.29 is 24.0 Å². The monoisotopic (exact) mass is 267 g/mol. The van der Waals surface area contributed by atoms with Gasteiger partial charge < -0.3 is 4.74 Å². The average Bonchev–Trinajstić information content (AvgIpc) is 2.64. The summed E-state index contributed by atoms with van der Waals surface area (Å²) in [6, 6.07) is 0. The first-order valence-electron chi connectivity index (χ1n) is 6.58.